The van der Waals surface area contributed by atoms with Gasteiger partial charge in [0, 0.05) is 17.5 Å². The summed E-state index contributed by atoms with van der Waals surface area (Å²) < 4.78 is 5.32. The van der Waals surface area contributed by atoms with Gasteiger partial charge in [0.1, 0.15) is 5.75 Å². The van der Waals surface area contributed by atoms with Crippen LogP contribution in [0.1, 0.15) is 10.4 Å². The lowest BCUT2D eigenvalue weighted by Gasteiger charge is -2.07. The number of thiazole rings is 1. The molecule has 6 nitrogen and oxygen atoms in total. The van der Waals surface area contributed by atoms with Crippen molar-refractivity contribution in [1.82, 2.24) is 10.3 Å². The Morgan fingerprint density at radius 3 is 2.62 bits per heavy atom. The molecule has 150 valence electrons. The average Bonchev–Trinajstić information content (AvgIpc) is 3.16. The molecule has 2 N–H and O–H groups in total. The van der Waals surface area contributed by atoms with Crippen molar-refractivity contribution < 1.29 is 14.3 Å². The number of rotatable bonds is 8. The van der Waals surface area contributed by atoms with E-state index in [0.29, 0.717) is 27.3 Å². The first-order chi connectivity index (χ1) is 14.0. The topological polar surface area (TPSA) is 80.3 Å². The van der Waals surface area contributed by atoms with E-state index in [0.717, 1.165) is 10.4 Å². The molecular weight excluding hydrogens is 433 g/mol. The molecule has 2 aromatic carbocycles. The van der Waals surface area contributed by atoms with E-state index in [4.69, 9.17) is 27.9 Å². The van der Waals surface area contributed by atoms with E-state index in [1.807, 2.05) is 30.3 Å². The number of nitrogens with one attached hydrogen (secondary N) is 2. The number of carbonyl (C=O) groups excluding carboxylic acids is 2. The van der Waals surface area contributed by atoms with Crippen molar-refractivity contribution in [2.24, 2.45) is 0 Å². The summed E-state index contributed by atoms with van der Waals surface area (Å²) in [5.74, 6) is -0.179. The van der Waals surface area contributed by atoms with Crippen LogP contribution in [0, 0.1) is 0 Å². The van der Waals surface area contributed by atoms with Gasteiger partial charge < -0.3 is 15.4 Å². The molecule has 0 aliphatic heterocycles. The molecule has 0 unspecified atom stereocenters. The fourth-order valence-corrected chi connectivity index (χ4v) is 3.62. The van der Waals surface area contributed by atoms with E-state index in [-0.39, 0.29) is 25.0 Å². The zero-order valence-electron chi connectivity index (χ0n) is 15.2. The van der Waals surface area contributed by atoms with Gasteiger partial charge in [-0.15, -0.1) is 11.3 Å². The molecule has 3 aromatic rings. The second-order valence-corrected chi connectivity index (χ2v) is 7.85. The number of carbonyl (C=O) groups is 2. The van der Waals surface area contributed by atoms with Gasteiger partial charge in [0.15, 0.2) is 11.7 Å². The van der Waals surface area contributed by atoms with Crippen LogP contribution >= 0.6 is 34.5 Å². The molecule has 0 aliphatic rings. The molecule has 0 fully saturated rings. The van der Waals surface area contributed by atoms with Gasteiger partial charge in [-0.3, -0.25) is 9.59 Å². The number of para-hydroxylation sites is 1. The fraction of sp³-hybridized carbons (Fsp3) is 0.150. The van der Waals surface area contributed by atoms with Crippen LogP contribution in [0.25, 0.3) is 0 Å². The quantitative estimate of drug-likeness (QED) is 0.540. The Morgan fingerprint density at radius 1 is 1.03 bits per heavy atom. The van der Waals surface area contributed by atoms with Crippen LogP contribution in [0.5, 0.6) is 5.75 Å². The van der Waals surface area contributed by atoms with Crippen molar-refractivity contribution >= 4 is 51.5 Å². The van der Waals surface area contributed by atoms with Gasteiger partial charge in [-0.25, -0.2) is 4.98 Å². The van der Waals surface area contributed by atoms with Crippen LogP contribution in [0.4, 0.5) is 5.13 Å². The van der Waals surface area contributed by atoms with Crippen molar-refractivity contribution in [3.8, 4) is 5.75 Å². The lowest BCUT2D eigenvalue weighted by molar-refractivity contribution is -0.125. The second-order valence-electron chi connectivity index (χ2n) is 5.95. The number of hydrogen-bond acceptors (Lipinski definition) is 5. The normalized spacial score (nSPS) is 10.4. The van der Waals surface area contributed by atoms with Gasteiger partial charge in [0.2, 0.25) is 5.91 Å². The highest BCUT2D eigenvalue weighted by atomic mass is 35.5. The molecule has 0 atom stereocenters. The standard InChI is InChI=1S/C20H17Cl2N3O3S/c21-16-8-4-5-13(19(16)22)9-15-10-24-20(29-15)25-17(26)11-23-18(27)12-28-14-6-2-1-3-7-14/h1-8,10H,9,11-12H2,(H,23,27)(H,24,25,26). The van der Waals surface area contributed by atoms with Crippen LogP contribution in [-0.2, 0) is 16.0 Å². The Hall–Kier alpha value is -2.61. The number of ether oxygens (including phenoxy) is 1. The summed E-state index contributed by atoms with van der Waals surface area (Å²) in [6, 6.07) is 14.4. The van der Waals surface area contributed by atoms with Gasteiger partial charge in [-0.2, -0.15) is 0 Å². The minimum atomic E-state index is -0.389. The Labute approximate surface area is 181 Å². The first kappa shape index (κ1) is 21.1. The number of amides is 2. The van der Waals surface area contributed by atoms with Crippen molar-refractivity contribution in [2.75, 3.05) is 18.5 Å². The zero-order chi connectivity index (χ0) is 20.6. The minimum absolute atomic E-state index is 0.168. The monoisotopic (exact) mass is 449 g/mol. The summed E-state index contributed by atoms with van der Waals surface area (Å²) in [6.07, 6.45) is 2.23. The van der Waals surface area contributed by atoms with Crippen molar-refractivity contribution in [3.05, 3.63) is 75.2 Å². The zero-order valence-corrected chi connectivity index (χ0v) is 17.5. The second kappa shape index (κ2) is 10.2. The Balaban J connectivity index is 1.44. The lowest BCUT2D eigenvalue weighted by atomic mass is 10.1. The van der Waals surface area contributed by atoms with Crippen molar-refractivity contribution in [1.29, 1.82) is 0 Å². The third-order valence-electron chi connectivity index (χ3n) is 3.76. The van der Waals surface area contributed by atoms with Gasteiger partial charge in [-0.05, 0) is 23.8 Å². The summed E-state index contributed by atoms with van der Waals surface area (Å²) in [5.41, 5.74) is 0.881. The molecule has 0 saturated carbocycles. The summed E-state index contributed by atoms with van der Waals surface area (Å²) in [4.78, 5) is 28.9. The average molecular weight is 450 g/mol. The third-order valence-corrected chi connectivity index (χ3v) is 5.53. The Kier molecular flexibility index (Phi) is 7.46. The van der Waals surface area contributed by atoms with E-state index in [9.17, 15) is 9.59 Å². The largest absolute Gasteiger partial charge is 0.484 e. The SMILES string of the molecule is O=C(COc1ccccc1)NCC(=O)Nc1ncc(Cc2cccc(Cl)c2Cl)s1. The van der Waals surface area contributed by atoms with Crippen molar-refractivity contribution in [2.45, 2.75) is 6.42 Å². The summed E-state index contributed by atoms with van der Waals surface area (Å²) in [6.45, 7) is -0.342. The highest BCUT2D eigenvalue weighted by Crippen LogP contribution is 2.29. The maximum absolute atomic E-state index is 12.0. The number of nitrogens with zero attached hydrogens (tertiary/aromatic N) is 1. The smallest absolute Gasteiger partial charge is 0.258 e. The predicted molar refractivity (Wildman–Crippen MR) is 115 cm³/mol. The Bertz CT molecular complexity index is 996. The summed E-state index contributed by atoms with van der Waals surface area (Å²) in [5, 5.41) is 6.60. The molecule has 1 heterocycles. The summed E-state index contributed by atoms with van der Waals surface area (Å²) in [7, 11) is 0. The van der Waals surface area contributed by atoms with Crippen LogP contribution in [-0.4, -0.2) is 29.9 Å². The minimum Gasteiger partial charge on any atom is -0.484 e. The number of anilines is 1. The molecule has 1 aromatic heterocycles. The molecule has 0 aliphatic carbocycles. The molecule has 0 radical (unpaired) electrons. The fourth-order valence-electron chi connectivity index (χ4n) is 2.38. The van der Waals surface area contributed by atoms with Crippen LogP contribution in [0.15, 0.2) is 54.7 Å². The number of halogens is 2. The molecule has 0 spiro atoms. The molecule has 29 heavy (non-hydrogen) atoms. The number of aromatic nitrogens is 1. The Morgan fingerprint density at radius 2 is 1.83 bits per heavy atom. The highest BCUT2D eigenvalue weighted by molar-refractivity contribution is 7.15. The van der Waals surface area contributed by atoms with Crippen molar-refractivity contribution in [3.63, 3.8) is 0 Å². The van der Waals surface area contributed by atoms with E-state index < -0.39 is 0 Å². The molecule has 9 heteroatoms. The molecule has 0 bridgehead atoms. The van der Waals surface area contributed by atoms with Crippen LogP contribution < -0.4 is 15.4 Å². The first-order valence-corrected chi connectivity index (χ1v) is 10.2. The maximum Gasteiger partial charge on any atom is 0.258 e. The summed E-state index contributed by atoms with van der Waals surface area (Å²) >= 11 is 13.6. The van der Waals surface area contributed by atoms with Gasteiger partial charge >= 0.3 is 0 Å². The van der Waals surface area contributed by atoms with Gasteiger partial charge in [0.05, 0.1) is 16.6 Å². The van der Waals surface area contributed by atoms with E-state index >= 15 is 0 Å². The highest BCUT2D eigenvalue weighted by Gasteiger charge is 2.11. The lowest BCUT2D eigenvalue weighted by Crippen LogP contribution is -2.35. The van der Waals surface area contributed by atoms with Gasteiger partial charge in [0.25, 0.3) is 5.91 Å². The van der Waals surface area contributed by atoms with E-state index in [1.165, 1.54) is 11.3 Å². The maximum atomic E-state index is 12.0. The predicted octanol–water partition coefficient (Wildman–Crippen LogP) is 4.17. The molecule has 2 amide bonds. The van der Waals surface area contributed by atoms with Crippen LogP contribution in [0.2, 0.25) is 10.0 Å². The molecule has 0 saturated heterocycles. The molecule has 3 rings (SSSR count). The van der Waals surface area contributed by atoms with Gasteiger partial charge in [-0.1, -0.05) is 53.5 Å². The van der Waals surface area contributed by atoms with E-state index in [1.54, 1.807) is 24.4 Å². The number of benzene rings is 2. The first-order valence-electron chi connectivity index (χ1n) is 8.63. The third kappa shape index (κ3) is 6.45. The van der Waals surface area contributed by atoms with E-state index in [2.05, 4.69) is 15.6 Å². The number of hydrogen-bond donors (Lipinski definition) is 2. The molecular formula is C20H17Cl2N3O3S. The van der Waals surface area contributed by atoms with Crippen LogP contribution in [0.3, 0.4) is 0 Å².